The lowest BCUT2D eigenvalue weighted by atomic mass is 9.63. The Morgan fingerprint density at radius 1 is 0.976 bits per heavy atom. The number of aliphatic imine (C=N–C) groups is 1. The van der Waals surface area contributed by atoms with E-state index in [1.165, 1.54) is 57.8 Å². The number of hydrogen-bond acceptors (Lipinski definition) is 6. The number of guanidine groups is 1. The molecule has 5 rings (SSSR count). The van der Waals surface area contributed by atoms with Gasteiger partial charge >= 0.3 is 0 Å². The van der Waals surface area contributed by atoms with Crippen molar-refractivity contribution >= 4 is 35.1 Å². The van der Waals surface area contributed by atoms with Crippen LogP contribution >= 0.6 is 23.2 Å². The Kier molecular flexibility index (Phi) is 10.4. The van der Waals surface area contributed by atoms with Crippen LogP contribution in [0.3, 0.4) is 0 Å². The lowest BCUT2D eigenvalue weighted by molar-refractivity contribution is 0.0939. The molecule has 7 nitrogen and oxygen atoms in total. The lowest BCUT2D eigenvalue weighted by Crippen LogP contribution is -2.49. The minimum Gasteiger partial charge on any atom is -0.355 e. The molecule has 9 heteroatoms. The van der Waals surface area contributed by atoms with Gasteiger partial charge in [-0.15, -0.1) is 0 Å². The summed E-state index contributed by atoms with van der Waals surface area (Å²) in [6.07, 6.45) is 12.6. The van der Waals surface area contributed by atoms with Crippen molar-refractivity contribution in [3.63, 3.8) is 0 Å². The number of pyridine rings is 1. The van der Waals surface area contributed by atoms with Gasteiger partial charge in [-0.3, -0.25) is 9.79 Å². The maximum atomic E-state index is 13.5. The number of carbonyl (C=O) groups is 1. The number of rotatable bonds is 6. The molecule has 0 radical (unpaired) electrons. The van der Waals surface area contributed by atoms with Crippen LogP contribution in [-0.2, 0) is 13.1 Å². The SMILES string of the molecule is CC1CC(c2cc(CNC3=NCCN3)cc(C(=O)NCc3ccc(Cl)c(Cl)c3)n2)C2(CCCCCCCCC2)CN1. The minimum atomic E-state index is -0.183. The second-order valence-electron chi connectivity index (χ2n) is 12.1. The molecule has 2 aromatic rings. The fourth-order valence-corrected chi connectivity index (χ4v) is 7.06. The summed E-state index contributed by atoms with van der Waals surface area (Å²) in [5.74, 6) is 0.937. The monoisotopic (exact) mass is 598 g/mol. The molecule has 222 valence electrons. The normalized spacial score (nSPS) is 23.0. The van der Waals surface area contributed by atoms with Gasteiger partial charge in [0.15, 0.2) is 5.96 Å². The van der Waals surface area contributed by atoms with E-state index in [-0.39, 0.29) is 11.3 Å². The van der Waals surface area contributed by atoms with Crippen LogP contribution in [0.15, 0.2) is 35.3 Å². The zero-order valence-corrected chi connectivity index (χ0v) is 25.7. The molecule has 3 heterocycles. The summed E-state index contributed by atoms with van der Waals surface area (Å²) in [5, 5.41) is 14.6. The first-order valence-electron chi connectivity index (χ1n) is 15.4. The second-order valence-corrected chi connectivity index (χ2v) is 12.9. The van der Waals surface area contributed by atoms with E-state index in [1.807, 2.05) is 12.1 Å². The molecular formula is C32H44Cl2N6O. The molecule has 4 N–H and O–H groups in total. The highest BCUT2D eigenvalue weighted by Gasteiger charge is 2.43. The van der Waals surface area contributed by atoms with Crippen molar-refractivity contribution in [2.75, 3.05) is 19.6 Å². The number of aromatic nitrogens is 1. The van der Waals surface area contributed by atoms with E-state index in [0.29, 0.717) is 40.8 Å². The largest absolute Gasteiger partial charge is 0.355 e. The average Bonchev–Trinajstić information content (AvgIpc) is 3.51. The Morgan fingerprint density at radius 2 is 1.73 bits per heavy atom. The molecule has 1 aromatic heterocycles. The van der Waals surface area contributed by atoms with Gasteiger partial charge in [-0.25, -0.2) is 4.98 Å². The first-order chi connectivity index (χ1) is 19.9. The van der Waals surface area contributed by atoms with Gasteiger partial charge in [0.2, 0.25) is 0 Å². The van der Waals surface area contributed by atoms with E-state index in [4.69, 9.17) is 28.2 Å². The number of benzene rings is 1. The van der Waals surface area contributed by atoms with Gasteiger partial charge in [-0.2, -0.15) is 0 Å². The van der Waals surface area contributed by atoms with Crippen molar-refractivity contribution in [3.8, 4) is 0 Å². The number of hydrogen-bond donors (Lipinski definition) is 4. The van der Waals surface area contributed by atoms with Crippen LogP contribution in [0.2, 0.25) is 10.0 Å². The highest BCUT2D eigenvalue weighted by Crippen LogP contribution is 2.49. The third-order valence-corrected chi connectivity index (χ3v) is 9.79. The Labute approximate surface area is 254 Å². The molecule has 1 aromatic carbocycles. The molecule has 2 aliphatic heterocycles. The first kappa shape index (κ1) is 30.1. The highest BCUT2D eigenvalue weighted by atomic mass is 35.5. The predicted molar refractivity (Wildman–Crippen MR) is 168 cm³/mol. The predicted octanol–water partition coefficient (Wildman–Crippen LogP) is 6.34. The maximum Gasteiger partial charge on any atom is 0.270 e. The Morgan fingerprint density at radius 3 is 2.44 bits per heavy atom. The molecule has 0 bridgehead atoms. The summed E-state index contributed by atoms with van der Waals surface area (Å²) < 4.78 is 0. The number of amides is 1. The fraction of sp³-hybridized carbons (Fsp3) is 0.594. The van der Waals surface area contributed by atoms with Gasteiger partial charge < -0.3 is 21.3 Å². The van der Waals surface area contributed by atoms with Crippen LogP contribution < -0.4 is 21.3 Å². The second kappa shape index (κ2) is 14.2. The Hall–Kier alpha value is -2.35. The van der Waals surface area contributed by atoms with Gasteiger partial charge in [-0.1, -0.05) is 74.2 Å². The molecule has 1 spiro atoms. The zero-order valence-electron chi connectivity index (χ0n) is 24.2. The fourth-order valence-electron chi connectivity index (χ4n) is 6.74. The van der Waals surface area contributed by atoms with Crippen molar-refractivity contribution in [3.05, 3.63) is 62.9 Å². The van der Waals surface area contributed by atoms with Crippen LogP contribution in [0.25, 0.3) is 0 Å². The van der Waals surface area contributed by atoms with Crippen molar-refractivity contribution < 1.29 is 4.79 Å². The molecule has 2 fully saturated rings. The van der Waals surface area contributed by atoms with Crippen LogP contribution in [0.1, 0.15) is 104 Å². The van der Waals surface area contributed by atoms with Gasteiger partial charge in [0, 0.05) is 43.8 Å². The van der Waals surface area contributed by atoms with Crippen molar-refractivity contribution in [2.45, 2.75) is 96.2 Å². The molecule has 2 unspecified atom stereocenters. The van der Waals surface area contributed by atoms with Crippen molar-refractivity contribution in [1.29, 1.82) is 0 Å². The number of nitrogens with one attached hydrogen (secondary N) is 4. The smallest absolute Gasteiger partial charge is 0.270 e. The molecule has 1 saturated heterocycles. The topological polar surface area (TPSA) is 90.4 Å². The molecule has 2 atom stereocenters. The molecular weight excluding hydrogens is 555 g/mol. The minimum absolute atomic E-state index is 0.161. The van der Waals surface area contributed by atoms with Crippen LogP contribution in [0, 0.1) is 5.41 Å². The van der Waals surface area contributed by atoms with E-state index < -0.39 is 0 Å². The van der Waals surface area contributed by atoms with Gasteiger partial charge in [0.25, 0.3) is 5.91 Å². The van der Waals surface area contributed by atoms with Crippen molar-refractivity contribution in [1.82, 2.24) is 26.3 Å². The van der Waals surface area contributed by atoms with E-state index in [1.54, 1.807) is 12.1 Å². The third-order valence-electron chi connectivity index (χ3n) is 9.05. The Bertz CT molecular complexity index is 1220. The number of nitrogens with zero attached hydrogens (tertiary/aromatic N) is 2. The van der Waals surface area contributed by atoms with E-state index in [2.05, 4.69) is 39.2 Å². The molecule has 1 amide bonds. The third kappa shape index (κ3) is 7.94. The summed E-state index contributed by atoms with van der Waals surface area (Å²) in [7, 11) is 0. The van der Waals surface area contributed by atoms with E-state index in [9.17, 15) is 4.79 Å². The molecule has 41 heavy (non-hydrogen) atoms. The number of piperidine rings is 1. The first-order valence-corrected chi connectivity index (χ1v) is 16.2. The molecule has 1 aliphatic carbocycles. The summed E-state index contributed by atoms with van der Waals surface area (Å²) in [5.41, 5.74) is 3.61. The number of halogens is 2. The van der Waals surface area contributed by atoms with Crippen LogP contribution in [0.5, 0.6) is 0 Å². The Balaban J connectivity index is 1.43. The average molecular weight is 600 g/mol. The summed E-state index contributed by atoms with van der Waals surface area (Å²) in [6, 6.07) is 9.99. The standard InChI is InChI=1S/C32H44Cl2N6O/c1-22-15-25(32(21-39-22)11-7-5-3-2-4-6-8-12-32)28-17-24(20-38-31-35-13-14-36-31)18-29(40-28)30(41)37-19-23-9-10-26(33)27(34)16-23/h9-10,16-18,22,25,39H,2-8,11-15,19-21H2,1H3,(H,37,41)(H2,35,36,38). The summed E-state index contributed by atoms with van der Waals surface area (Å²) in [6.45, 7) is 5.86. The van der Waals surface area contributed by atoms with Gasteiger partial charge in [0.05, 0.1) is 16.6 Å². The summed E-state index contributed by atoms with van der Waals surface area (Å²) in [4.78, 5) is 23.1. The number of carbonyl (C=O) groups excluding carboxylic acids is 1. The quantitative estimate of drug-likeness (QED) is 0.311. The molecule has 3 aliphatic rings. The molecule has 1 saturated carbocycles. The summed E-state index contributed by atoms with van der Waals surface area (Å²) >= 11 is 12.3. The maximum absolute atomic E-state index is 13.5. The van der Waals surface area contributed by atoms with Crippen LogP contribution in [-0.4, -0.2) is 42.5 Å². The van der Waals surface area contributed by atoms with Crippen molar-refractivity contribution in [2.24, 2.45) is 10.4 Å². The van der Waals surface area contributed by atoms with E-state index in [0.717, 1.165) is 48.8 Å². The van der Waals surface area contributed by atoms with Gasteiger partial charge in [0.1, 0.15) is 5.69 Å². The van der Waals surface area contributed by atoms with Crippen LogP contribution in [0.4, 0.5) is 0 Å². The highest BCUT2D eigenvalue weighted by molar-refractivity contribution is 6.42. The zero-order chi connectivity index (χ0) is 28.7. The van der Waals surface area contributed by atoms with E-state index >= 15 is 0 Å². The van der Waals surface area contributed by atoms with Gasteiger partial charge in [-0.05, 0) is 67.0 Å². The lowest BCUT2D eigenvalue weighted by Gasteiger charge is -2.47.